The molecule has 0 N–H and O–H groups in total. The number of hydrogen-bond donors (Lipinski definition) is 0. The highest BCUT2D eigenvalue weighted by Crippen LogP contribution is 2.65. The molecule has 0 amide bonds. The van der Waals surface area contributed by atoms with Crippen molar-refractivity contribution in [1.29, 1.82) is 0 Å². The molecule has 0 radical (unpaired) electrons. The molecular formula is C120H142. The number of benzene rings is 11. The third kappa shape index (κ3) is 15.2. The first-order valence-electron chi connectivity index (χ1n) is 49.6. The summed E-state index contributed by atoms with van der Waals surface area (Å²) in [7, 11) is 0. The van der Waals surface area contributed by atoms with Crippen molar-refractivity contribution in [1.82, 2.24) is 0 Å². The van der Waals surface area contributed by atoms with Crippen molar-refractivity contribution < 1.29 is 0 Å². The van der Waals surface area contributed by atoms with Gasteiger partial charge in [-0.1, -0.05) is 443 Å². The summed E-state index contributed by atoms with van der Waals surface area (Å²) in [6, 6.07) is 91.1. The van der Waals surface area contributed by atoms with Crippen LogP contribution in [0.3, 0.4) is 0 Å². The van der Waals surface area contributed by atoms with E-state index in [9.17, 15) is 0 Å². The SMILES string of the molecule is CCCCCCC1(CCCCCC)c2ccccc2-c2ccc(-c3ccc4c(c3)C(CCCCCC)(CCCCCC)c3cc(-c5cccc6c5C5c7ccccc7C6c6c(-c7ccc8c(c7)C(CCCCCC)(CCCCCC)c7cc(-c9ccc%10c(c9)C(CCCCCC)(CCCCCC)c9ccccc9-%10)ccc7-8)cccc65)ccc3-4)cc21. The minimum absolute atomic E-state index is 0.0444. The summed E-state index contributed by atoms with van der Waals surface area (Å²) >= 11 is 0. The molecule has 120 heavy (non-hydrogen) atoms. The van der Waals surface area contributed by atoms with Gasteiger partial charge in [0.2, 0.25) is 0 Å². The van der Waals surface area contributed by atoms with E-state index in [1.165, 1.54) is 379 Å². The molecule has 11 aromatic rings. The molecule has 0 spiro atoms. The molecule has 0 saturated carbocycles. The van der Waals surface area contributed by atoms with Gasteiger partial charge in [0.1, 0.15) is 0 Å². The zero-order valence-electron chi connectivity index (χ0n) is 75.2. The minimum atomic E-state index is -0.0959. The smallest absolute Gasteiger partial charge is 0.0355 e. The fourth-order valence-corrected chi connectivity index (χ4v) is 25.2. The van der Waals surface area contributed by atoms with Gasteiger partial charge >= 0.3 is 0 Å². The molecule has 0 nitrogen and oxygen atoms in total. The van der Waals surface area contributed by atoms with Crippen LogP contribution >= 0.6 is 0 Å². The van der Waals surface area contributed by atoms with Gasteiger partial charge in [-0.15, -0.1) is 0 Å². The van der Waals surface area contributed by atoms with E-state index >= 15 is 0 Å². The van der Waals surface area contributed by atoms with E-state index in [0.717, 1.165) is 0 Å². The summed E-state index contributed by atoms with van der Waals surface area (Å²) in [5.41, 5.74) is 44.7. The van der Waals surface area contributed by atoms with E-state index in [0.29, 0.717) is 0 Å². The van der Waals surface area contributed by atoms with Gasteiger partial charge in [-0.25, -0.2) is 0 Å². The first kappa shape index (κ1) is 83.7. The maximum Gasteiger partial charge on any atom is 0.0355 e. The maximum atomic E-state index is 2.78. The van der Waals surface area contributed by atoms with Crippen LogP contribution in [-0.4, -0.2) is 0 Å². The van der Waals surface area contributed by atoms with Crippen LogP contribution in [0.5, 0.6) is 0 Å². The number of fused-ring (bicyclic) bond motifs is 12. The van der Waals surface area contributed by atoms with Gasteiger partial charge < -0.3 is 0 Å². The third-order valence-electron chi connectivity index (χ3n) is 31.3. The van der Waals surface area contributed by atoms with Gasteiger partial charge in [0.05, 0.1) is 0 Å². The topological polar surface area (TPSA) is 0 Å². The lowest BCUT2D eigenvalue weighted by Crippen LogP contribution is -2.29. The Balaban J connectivity index is 0.758. The van der Waals surface area contributed by atoms with Gasteiger partial charge in [0.15, 0.2) is 0 Å². The van der Waals surface area contributed by atoms with E-state index in [1.54, 1.807) is 44.5 Å². The van der Waals surface area contributed by atoms with E-state index in [1.807, 2.05) is 0 Å². The Morgan fingerprint density at radius 1 is 0.167 bits per heavy atom. The Morgan fingerprint density at radius 3 is 0.625 bits per heavy atom. The molecule has 622 valence electrons. The molecule has 7 aliphatic rings. The summed E-state index contributed by atoms with van der Waals surface area (Å²) in [4.78, 5) is 0. The van der Waals surface area contributed by atoms with E-state index in [-0.39, 0.29) is 33.5 Å². The maximum absolute atomic E-state index is 2.78. The van der Waals surface area contributed by atoms with E-state index in [2.05, 4.69) is 274 Å². The average Bonchev–Trinajstić information content (AvgIpc) is 1.05. The molecule has 2 atom stereocenters. The van der Waals surface area contributed by atoms with Crippen molar-refractivity contribution in [2.24, 2.45) is 0 Å². The minimum Gasteiger partial charge on any atom is -0.0654 e. The molecule has 0 aliphatic heterocycles. The van der Waals surface area contributed by atoms with Crippen molar-refractivity contribution in [3.8, 4) is 89.0 Å². The summed E-state index contributed by atoms with van der Waals surface area (Å²) in [6.45, 7) is 19.0. The number of unbranched alkanes of at least 4 members (excludes halogenated alkanes) is 24. The predicted octanol–water partition coefficient (Wildman–Crippen LogP) is 36.2. The summed E-state index contributed by atoms with van der Waals surface area (Å²) in [5, 5.41) is 0. The second kappa shape index (κ2) is 37.6. The monoisotopic (exact) mass is 1580 g/mol. The first-order valence-corrected chi connectivity index (χ1v) is 49.6. The number of hydrogen-bond acceptors (Lipinski definition) is 0. The van der Waals surface area contributed by atoms with Gasteiger partial charge in [0, 0.05) is 33.5 Å². The van der Waals surface area contributed by atoms with E-state index in [4.69, 9.17) is 0 Å². The molecule has 11 aromatic carbocycles. The van der Waals surface area contributed by atoms with Crippen LogP contribution in [0.4, 0.5) is 0 Å². The summed E-state index contributed by atoms with van der Waals surface area (Å²) in [6.07, 6.45) is 50.7. The Labute approximate surface area is 726 Å². The zero-order valence-corrected chi connectivity index (χ0v) is 75.2. The van der Waals surface area contributed by atoms with Crippen LogP contribution in [0.25, 0.3) is 89.0 Å². The molecule has 0 aromatic heterocycles. The summed E-state index contributed by atoms with van der Waals surface area (Å²) < 4.78 is 0. The van der Waals surface area contributed by atoms with Crippen molar-refractivity contribution in [3.05, 3.63) is 296 Å². The average molecular weight is 1580 g/mol. The zero-order chi connectivity index (χ0) is 82.2. The lowest BCUT2D eigenvalue weighted by atomic mass is 9.58. The quantitative estimate of drug-likeness (QED) is 0.0334. The Hall–Kier alpha value is -8.58. The Kier molecular flexibility index (Phi) is 26.2. The van der Waals surface area contributed by atoms with Crippen LogP contribution < -0.4 is 0 Å². The van der Waals surface area contributed by atoms with Gasteiger partial charge in [0.25, 0.3) is 0 Å². The van der Waals surface area contributed by atoms with Crippen molar-refractivity contribution in [2.75, 3.05) is 0 Å². The Morgan fingerprint density at radius 2 is 0.367 bits per heavy atom. The molecule has 0 heteroatoms. The van der Waals surface area contributed by atoms with Gasteiger partial charge in [-0.3, -0.25) is 0 Å². The highest BCUT2D eigenvalue weighted by molar-refractivity contribution is 5.93. The van der Waals surface area contributed by atoms with Crippen LogP contribution in [0.2, 0.25) is 0 Å². The standard InChI is InChI=1S/C120H142/c1-9-17-25-39-71-117(72-40-26-18-10-2)105-57-37-35-49-93(105)95-65-59-85(79-107(95)117)87-61-67-97-99-69-63-89(83-111(99)119(109(97)81-87,75-43-29-21-13-5)76-44-30-22-14-6)91-53-47-55-103-113(91)115-101-51-33-34-52-102(101)116(103)114-92(54-48-56-104(114)115)90-64-70-100-98-68-62-88(82-110(98)120(112(100)84-90,77-45-31-23-15-7)78-46-32-24-16-8)86-60-66-96-94-50-36-38-58-106(94)118(108(96)80-86,73-41-27-19-11-3)74-42-28-20-12-4/h33-38,47-70,79-84,115-116H,9-32,39-46,71-78H2,1-8H3. The van der Waals surface area contributed by atoms with Crippen molar-refractivity contribution in [3.63, 3.8) is 0 Å². The molecule has 7 aliphatic carbocycles. The van der Waals surface area contributed by atoms with Crippen LogP contribution in [0.1, 0.15) is 402 Å². The molecule has 2 bridgehead atoms. The lowest BCUT2D eigenvalue weighted by Gasteiger charge is -2.44. The van der Waals surface area contributed by atoms with Crippen molar-refractivity contribution in [2.45, 2.75) is 346 Å². The van der Waals surface area contributed by atoms with E-state index < -0.39 is 0 Å². The predicted molar refractivity (Wildman–Crippen MR) is 518 cm³/mol. The second-order valence-corrected chi connectivity index (χ2v) is 38.6. The van der Waals surface area contributed by atoms with Crippen LogP contribution in [-0.2, 0) is 21.7 Å². The Bertz CT molecular complexity index is 5010. The molecule has 2 unspecified atom stereocenters. The molecular weight excluding hydrogens is 1440 g/mol. The fraction of sp³-hybridized carbons (Fsp3) is 0.450. The molecule has 0 saturated heterocycles. The highest BCUT2D eigenvalue weighted by atomic mass is 14.5. The van der Waals surface area contributed by atoms with Gasteiger partial charge in [-0.2, -0.15) is 0 Å². The van der Waals surface area contributed by atoms with Crippen LogP contribution in [0, 0.1) is 0 Å². The van der Waals surface area contributed by atoms with Gasteiger partial charge in [-0.05, 0) is 255 Å². The largest absolute Gasteiger partial charge is 0.0654 e. The molecule has 18 rings (SSSR count). The third-order valence-corrected chi connectivity index (χ3v) is 31.3. The molecule has 0 fully saturated rings. The summed E-state index contributed by atoms with van der Waals surface area (Å²) in [5.74, 6) is 0.211. The second-order valence-electron chi connectivity index (χ2n) is 38.6. The fourth-order valence-electron chi connectivity index (χ4n) is 25.2. The van der Waals surface area contributed by atoms with Crippen LogP contribution in [0.15, 0.2) is 218 Å². The lowest BCUT2D eigenvalue weighted by molar-refractivity contribution is 0.401. The highest BCUT2D eigenvalue weighted by Gasteiger charge is 2.50. The normalized spacial score (nSPS) is 16.1. The van der Waals surface area contributed by atoms with Crippen molar-refractivity contribution >= 4 is 0 Å². The first-order chi connectivity index (χ1) is 59.2. The number of rotatable bonds is 44. The molecule has 0 heterocycles.